The summed E-state index contributed by atoms with van der Waals surface area (Å²) in [6.07, 6.45) is 1.72. The molecular weight excluding hydrogens is 686 g/mol. The molecule has 5 aromatic rings. The number of halogens is 2. The van der Waals surface area contributed by atoms with Crippen LogP contribution in [0.2, 0.25) is 0 Å². The van der Waals surface area contributed by atoms with Crippen molar-refractivity contribution in [2.75, 3.05) is 0 Å². The molecule has 1 aromatic heterocycles. The minimum Gasteiger partial charge on any atom is -0.506 e. The number of benzene rings is 4. The average Bonchev–Trinajstić information content (AvgIpc) is 3.27. The molecular formula is C27H18I2N2OS2. The summed E-state index contributed by atoms with van der Waals surface area (Å²) in [5, 5.41) is 10.5. The normalized spacial score (nSPS) is 11.6. The predicted molar refractivity (Wildman–Crippen MR) is 161 cm³/mol. The van der Waals surface area contributed by atoms with Gasteiger partial charge >= 0.3 is 0 Å². The number of rotatable bonds is 6. The minimum atomic E-state index is 0.173. The number of aromatic nitrogens is 1. The molecule has 0 radical (unpaired) electrons. The summed E-state index contributed by atoms with van der Waals surface area (Å²) in [5.41, 5.74) is 5.04. The van der Waals surface area contributed by atoms with Gasteiger partial charge < -0.3 is 5.11 Å². The molecule has 1 heterocycles. The number of hydrogen-bond donors (Lipinski definition) is 1. The fourth-order valence-electron chi connectivity index (χ4n) is 3.54. The summed E-state index contributed by atoms with van der Waals surface area (Å²) >= 11 is 7.85. The Kier molecular flexibility index (Phi) is 7.52. The largest absolute Gasteiger partial charge is 0.506 e. The van der Waals surface area contributed by atoms with E-state index in [1.54, 1.807) is 29.3 Å². The molecule has 1 N–H and O–H groups in total. The second-order valence-electron chi connectivity index (χ2n) is 7.53. The van der Waals surface area contributed by atoms with Crippen molar-refractivity contribution in [2.24, 2.45) is 4.99 Å². The molecule has 34 heavy (non-hydrogen) atoms. The molecule has 3 nitrogen and oxygen atoms in total. The molecule has 0 unspecified atom stereocenters. The van der Waals surface area contributed by atoms with Crippen LogP contribution < -0.4 is 0 Å². The van der Waals surface area contributed by atoms with Crippen molar-refractivity contribution >= 4 is 90.4 Å². The zero-order chi connectivity index (χ0) is 23.5. The zero-order valence-corrected chi connectivity index (χ0v) is 23.7. The highest BCUT2D eigenvalue weighted by Crippen LogP contribution is 2.43. The van der Waals surface area contributed by atoms with Gasteiger partial charge in [0.15, 0.2) is 4.34 Å². The molecule has 0 bridgehead atoms. The van der Waals surface area contributed by atoms with Crippen LogP contribution in [0.25, 0.3) is 10.2 Å². The number of thioether (sulfide) groups is 1. The van der Waals surface area contributed by atoms with Crippen molar-refractivity contribution in [3.63, 3.8) is 0 Å². The van der Waals surface area contributed by atoms with Crippen LogP contribution in [0.15, 0.2) is 100 Å². The summed E-state index contributed by atoms with van der Waals surface area (Å²) in [6.45, 7) is 0. The Morgan fingerprint density at radius 2 is 1.56 bits per heavy atom. The molecule has 0 fully saturated rings. The van der Waals surface area contributed by atoms with Crippen molar-refractivity contribution in [1.82, 2.24) is 4.98 Å². The Morgan fingerprint density at radius 3 is 2.24 bits per heavy atom. The Morgan fingerprint density at radius 1 is 0.882 bits per heavy atom. The van der Waals surface area contributed by atoms with Crippen LogP contribution in [-0.4, -0.2) is 16.3 Å². The molecule has 0 aliphatic rings. The number of phenols is 1. The zero-order valence-electron chi connectivity index (χ0n) is 17.7. The van der Waals surface area contributed by atoms with Crippen LogP contribution in [0, 0.1) is 7.14 Å². The van der Waals surface area contributed by atoms with E-state index < -0.39 is 0 Å². The van der Waals surface area contributed by atoms with Crippen molar-refractivity contribution in [3.05, 3.63) is 115 Å². The van der Waals surface area contributed by atoms with Gasteiger partial charge in [-0.1, -0.05) is 72.4 Å². The summed E-state index contributed by atoms with van der Waals surface area (Å²) in [4.78, 5) is 9.50. The number of hydrogen-bond acceptors (Lipinski definition) is 5. The lowest BCUT2D eigenvalue weighted by atomic mass is 10.0. The van der Waals surface area contributed by atoms with E-state index in [4.69, 9.17) is 4.98 Å². The van der Waals surface area contributed by atoms with Gasteiger partial charge in [-0.3, -0.25) is 4.99 Å². The first-order valence-electron chi connectivity index (χ1n) is 10.5. The highest BCUT2D eigenvalue weighted by molar-refractivity contribution is 14.1. The van der Waals surface area contributed by atoms with Gasteiger partial charge in [0.2, 0.25) is 0 Å². The second kappa shape index (κ2) is 10.8. The number of aliphatic imine (C=N–C) groups is 1. The topological polar surface area (TPSA) is 45.5 Å². The standard InChI is InChI=1S/C27H18I2N2OS2/c28-20-13-19(25(32)22(29)14-20)16-30-21-11-12-23-24(15-21)33-27(31-23)34-26(17-7-3-1-4-8-17)18-9-5-2-6-10-18/h1-16,26,32H. The van der Waals surface area contributed by atoms with Crippen LogP contribution in [0.3, 0.4) is 0 Å². The predicted octanol–water partition coefficient (Wildman–Crippen LogP) is 8.84. The molecule has 0 spiro atoms. The lowest BCUT2D eigenvalue weighted by Crippen LogP contribution is -1.96. The second-order valence-corrected chi connectivity index (χ2v) is 12.3. The maximum absolute atomic E-state index is 10.3. The average molecular weight is 704 g/mol. The summed E-state index contributed by atoms with van der Waals surface area (Å²) in [7, 11) is 0. The highest BCUT2D eigenvalue weighted by Gasteiger charge is 2.18. The SMILES string of the molecule is Oc1c(I)cc(I)cc1C=Nc1ccc2nc(SC(c3ccccc3)c3ccccc3)sc2c1. The number of thiazole rings is 1. The quantitative estimate of drug-likeness (QED) is 0.109. The van der Waals surface area contributed by atoms with E-state index in [1.807, 2.05) is 36.4 Å². The molecule has 0 aliphatic carbocycles. The van der Waals surface area contributed by atoms with E-state index in [1.165, 1.54) is 11.1 Å². The van der Waals surface area contributed by atoms with Crippen LogP contribution in [-0.2, 0) is 0 Å². The van der Waals surface area contributed by atoms with Gasteiger partial charge in [0.1, 0.15) is 5.75 Å². The maximum Gasteiger partial charge on any atom is 0.152 e. The Bertz CT molecular complexity index is 1430. The Hall–Kier alpha value is -1.95. The van der Waals surface area contributed by atoms with E-state index in [2.05, 4.69) is 105 Å². The van der Waals surface area contributed by atoms with E-state index in [9.17, 15) is 5.11 Å². The third-order valence-electron chi connectivity index (χ3n) is 5.19. The maximum atomic E-state index is 10.3. The first-order chi connectivity index (χ1) is 16.6. The lowest BCUT2D eigenvalue weighted by molar-refractivity contribution is 0.470. The molecule has 0 atom stereocenters. The first kappa shape index (κ1) is 23.8. The molecule has 0 aliphatic heterocycles. The minimum absolute atomic E-state index is 0.173. The fourth-order valence-corrected chi connectivity index (χ4v) is 7.85. The lowest BCUT2D eigenvalue weighted by Gasteiger charge is -2.16. The van der Waals surface area contributed by atoms with Gasteiger partial charge in [0.05, 0.1) is 24.7 Å². The van der Waals surface area contributed by atoms with Gasteiger partial charge in [0, 0.05) is 15.3 Å². The number of phenolic OH excluding ortho intramolecular Hbond substituents is 1. The third-order valence-corrected chi connectivity index (χ3v) is 9.06. The smallest absolute Gasteiger partial charge is 0.152 e. The molecule has 7 heteroatoms. The molecule has 0 saturated carbocycles. The third kappa shape index (κ3) is 5.48. The van der Waals surface area contributed by atoms with Gasteiger partial charge in [-0.2, -0.15) is 0 Å². The molecule has 0 amide bonds. The molecule has 5 rings (SSSR count). The van der Waals surface area contributed by atoms with E-state index in [0.29, 0.717) is 5.56 Å². The van der Waals surface area contributed by atoms with Crippen LogP contribution in [0.5, 0.6) is 5.75 Å². The fraction of sp³-hybridized carbons (Fsp3) is 0.0370. The number of nitrogens with zero attached hydrogens (tertiary/aromatic N) is 2. The molecule has 168 valence electrons. The first-order valence-corrected chi connectivity index (χ1v) is 14.3. The van der Waals surface area contributed by atoms with Crippen LogP contribution >= 0.6 is 68.3 Å². The molecule has 4 aromatic carbocycles. The number of aromatic hydroxyl groups is 1. The van der Waals surface area contributed by atoms with Crippen LogP contribution in [0.1, 0.15) is 21.9 Å². The van der Waals surface area contributed by atoms with Crippen molar-refractivity contribution < 1.29 is 5.11 Å². The summed E-state index contributed by atoms with van der Waals surface area (Å²) < 4.78 is 4.00. The summed E-state index contributed by atoms with van der Waals surface area (Å²) in [5.74, 6) is 0.259. The Labute approximate surface area is 233 Å². The van der Waals surface area contributed by atoms with Gasteiger partial charge in [0.25, 0.3) is 0 Å². The monoisotopic (exact) mass is 704 g/mol. The van der Waals surface area contributed by atoms with E-state index in [-0.39, 0.29) is 11.0 Å². The summed E-state index contributed by atoms with van der Waals surface area (Å²) in [6, 6.07) is 31.0. The van der Waals surface area contributed by atoms with E-state index in [0.717, 1.165) is 27.4 Å². The van der Waals surface area contributed by atoms with Gasteiger partial charge in [-0.25, -0.2) is 4.98 Å². The van der Waals surface area contributed by atoms with Gasteiger partial charge in [-0.05, 0) is 86.6 Å². The van der Waals surface area contributed by atoms with Gasteiger partial charge in [-0.15, -0.1) is 11.3 Å². The van der Waals surface area contributed by atoms with Crippen molar-refractivity contribution in [3.8, 4) is 5.75 Å². The van der Waals surface area contributed by atoms with Crippen LogP contribution in [0.4, 0.5) is 5.69 Å². The number of fused-ring (bicyclic) bond motifs is 1. The molecule has 0 saturated heterocycles. The van der Waals surface area contributed by atoms with Crippen molar-refractivity contribution in [1.29, 1.82) is 0 Å². The van der Waals surface area contributed by atoms with Crippen molar-refractivity contribution in [2.45, 2.75) is 9.59 Å². The van der Waals surface area contributed by atoms with E-state index >= 15 is 0 Å². The Balaban J connectivity index is 1.43. The highest BCUT2D eigenvalue weighted by atomic mass is 127.